The zero-order valence-electron chi connectivity index (χ0n) is 13.5. The Morgan fingerprint density at radius 2 is 1.71 bits per heavy atom. The zero-order chi connectivity index (χ0) is 17.3. The molecule has 0 spiro atoms. The van der Waals surface area contributed by atoms with Crippen LogP contribution in [0.2, 0.25) is 0 Å². The summed E-state index contributed by atoms with van der Waals surface area (Å²) in [5.74, 6) is 1.38. The van der Waals surface area contributed by atoms with E-state index in [1.165, 1.54) is 33.5 Å². The minimum Gasteiger partial charge on any atom is -0.507 e. The fraction of sp³-hybridized carbons (Fsp3) is 0.167. The molecule has 6 nitrogen and oxygen atoms in total. The Bertz CT molecular complexity index is 958. The molecule has 24 heavy (non-hydrogen) atoms. The van der Waals surface area contributed by atoms with Crippen molar-refractivity contribution in [2.75, 3.05) is 21.3 Å². The van der Waals surface area contributed by atoms with Gasteiger partial charge in [-0.15, -0.1) is 0 Å². The molecule has 3 rings (SSSR count). The molecule has 1 aromatic heterocycles. The van der Waals surface area contributed by atoms with Crippen molar-refractivity contribution in [3.63, 3.8) is 0 Å². The van der Waals surface area contributed by atoms with Gasteiger partial charge in [0, 0.05) is 18.2 Å². The molecule has 1 heterocycles. The third-order valence-electron chi connectivity index (χ3n) is 3.69. The normalized spacial score (nSPS) is 10.6. The molecule has 1 N–H and O–H groups in total. The van der Waals surface area contributed by atoms with Gasteiger partial charge >= 0.3 is 0 Å². The van der Waals surface area contributed by atoms with Crippen LogP contribution in [0.4, 0.5) is 0 Å². The lowest BCUT2D eigenvalue weighted by Crippen LogP contribution is -2.03. The van der Waals surface area contributed by atoms with Crippen LogP contribution in [0.5, 0.6) is 23.0 Å². The molecule has 0 fully saturated rings. The van der Waals surface area contributed by atoms with Gasteiger partial charge in [0.25, 0.3) is 0 Å². The fourth-order valence-electron chi connectivity index (χ4n) is 2.57. The van der Waals surface area contributed by atoms with Crippen molar-refractivity contribution in [2.45, 2.75) is 0 Å². The van der Waals surface area contributed by atoms with Gasteiger partial charge in [-0.1, -0.05) is 6.07 Å². The minimum atomic E-state index is -0.295. The molecule has 0 aliphatic heterocycles. The van der Waals surface area contributed by atoms with E-state index in [-0.39, 0.29) is 16.9 Å². The van der Waals surface area contributed by atoms with Gasteiger partial charge in [0.2, 0.25) is 0 Å². The first-order chi connectivity index (χ1) is 11.6. The summed E-state index contributed by atoms with van der Waals surface area (Å²) in [4.78, 5) is 12.6. The van der Waals surface area contributed by atoms with Gasteiger partial charge in [0.1, 0.15) is 45.3 Å². The molecular formula is C18H16O6. The van der Waals surface area contributed by atoms with Gasteiger partial charge in [-0.05, 0) is 12.1 Å². The van der Waals surface area contributed by atoms with Crippen LogP contribution in [0, 0.1) is 0 Å². The maximum atomic E-state index is 12.6. The van der Waals surface area contributed by atoms with Gasteiger partial charge < -0.3 is 23.7 Å². The smallest absolute Gasteiger partial charge is 0.197 e. The highest BCUT2D eigenvalue weighted by Crippen LogP contribution is 2.39. The molecule has 0 aliphatic carbocycles. The summed E-state index contributed by atoms with van der Waals surface area (Å²) >= 11 is 0. The van der Waals surface area contributed by atoms with Crippen LogP contribution in [0.3, 0.4) is 0 Å². The molecule has 6 heteroatoms. The quantitative estimate of drug-likeness (QED) is 0.792. The second-order valence-electron chi connectivity index (χ2n) is 5.03. The number of hydrogen-bond donors (Lipinski definition) is 1. The molecule has 0 atom stereocenters. The highest BCUT2D eigenvalue weighted by molar-refractivity contribution is 5.87. The van der Waals surface area contributed by atoms with Gasteiger partial charge in [-0.2, -0.15) is 0 Å². The van der Waals surface area contributed by atoms with Crippen molar-refractivity contribution in [1.29, 1.82) is 0 Å². The average molecular weight is 328 g/mol. The van der Waals surface area contributed by atoms with E-state index in [1.54, 1.807) is 24.3 Å². The number of rotatable bonds is 4. The van der Waals surface area contributed by atoms with Gasteiger partial charge in [-0.25, -0.2) is 0 Å². The second-order valence-corrected chi connectivity index (χ2v) is 5.03. The molecule has 0 saturated heterocycles. The van der Waals surface area contributed by atoms with Crippen LogP contribution in [-0.4, -0.2) is 26.4 Å². The number of aromatic hydroxyl groups is 1. The highest BCUT2D eigenvalue weighted by Gasteiger charge is 2.18. The third-order valence-corrected chi connectivity index (χ3v) is 3.69. The molecule has 124 valence electrons. The van der Waals surface area contributed by atoms with Crippen LogP contribution in [0.25, 0.3) is 22.3 Å². The Morgan fingerprint density at radius 1 is 0.958 bits per heavy atom. The largest absolute Gasteiger partial charge is 0.507 e. The van der Waals surface area contributed by atoms with E-state index in [0.29, 0.717) is 33.8 Å². The number of ether oxygens (including phenoxy) is 3. The summed E-state index contributed by atoms with van der Waals surface area (Å²) in [5, 5.41) is 10.5. The SMILES string of the molecule is COc1cc(OC)c2c(=O)cc(-c3c(O)cccc3OC)oc2c1. The number of hydrogen-bond acceptors (Lipinski definition) is 6. The summed E-state index contributed by atoms with van der Waals surface area (Å²) in [5.41, 5.74) is 0.302. The van der Waals surface area contributed by atoms with Crippen molar-refractivity contribution in [2.24, 2.45) is 0 Å². The van der Waals surface area contributed by atoms with Crippen LogP contribution >= 0.6 is 0 Å². The number of methoxy groups -OCH3 is 3. The molecule has 0 bridgehead atoms. The van der Waals surface area contributed by atoms with E-state index < -0.39 is 0 Å². The van der Waals surface area contributed by atoms with Crippen molar-refractivity contribution >= 4 is 11.0 Å². The van der Waals surface area contributed by atoms with E-state index in [4.69, 9.17) is 18.6 Å². The Labute approximate surface area is 137 Å². The second kappa shape index (κ2) is 6.16. The van der Waals surface area contributed by atoms with Crippen molar-refractivity contribution in [3.05, 3.63) is 46.6 Å². The first-order valence-electron chi connectivity index (χ1n) is 7.15. The highest BCUT2D eigenvalue weighted by atomic mass is 16.5. The van der Waals surface area contributed by atoms with Crippen LogP contribution in [0.1, 0.15) is 0 Å². The Balaban J connectivity index is 2.35. The molecule has 3 aromatic rings. The summed E-state index contributed by atoms with van der Waals surface area (Å²) in [6.07, 6.45) is 0. The Kier molecular flexibility index (Phi) is 4.04. The summed E-state index contributed by atoms with van der Waals surface area (Å²) in [6, 6.07) is 9.31. The third kappa shape index (κ3) is 2.52. The number of benzene rings is 2. The zero-order valence-corrected chi connectivity index (χ0v) is 13.5. The van der Waals surface area contributed by atoms with E-state index in [2.05, 4.69) is 0 Å². The first-order valence-corrected chi connectivity index (χ1v) is 7.15. The first kappa shape index (κ1) is 15.7. The van der Waals surface area contributed by atoms with E-state index >= 15 is 0 Å². The Hall–Kier alpha value is -3.15. The monoisotopic (exact) mass is 328 g/mol. The lowest BCUT2D eigenvalue weighted by Gasteiger charge is -2.12. The number of phenols is 1. The molecule has 0 unspecified atom stereocenters. The predicted octanol–water partition coefficient (Wildman–Crippen LogP) is 3.19. The summed E-state index contributed by atoms with van der Waals surface area (Å²) < 4.78 is 21.5. The van der Waals surface area contributed by atoms with Crippen LogP contribution in [0.15, 0.2) is 45.6 Å². The van der Waals surface area contributed by atoms with Crippen molar-refractivity contribution < 1.29 is 23.7 Å². The van der Waals surface area contributed by atoms with Gasteiger partial charge in [-0.3, -0.25) is 4.79 Å². The van der Waals surface area contributed by atoms with Gasteiger partial charge in [0.15, 0.2) is 5.43 Å². The number of fused-ring (bicyclic) bond motifs is 1. The van der Waals surface area contributed by atoms with Crippen molar-refractivity contribution in [1.82, 2.24) is 0 Å². The Morgan fingerprint density at radius 3 is 2.38 bits per heavy atom. The topological polar surface area (TPSA) is 78.1 Å². The maximum Gasteiger partial charge on any atom is 0.197 e. The molecule has 0 radical (unpaired) electrons. The lowest BCUT2D eigenvalue weighted by molar-refractivity contribution is 0.396. The van der Waals surface area contributed by atoms with E-state index in [0.717, 1.165) is 0 Å². The van der Waals surface area contributed by atoms with Crippen LogP contribution < -0.4 is 19.6 Å². The van der Waals surface area contributed by atoms with E-state index in [9.17, 15) is 9.90 Å². The van der Waals surface area contributed by atoms with E-state index in [1.807, 2.05) is 0 Å². The van der Waals surface area contributed by atoms with Gasteiger partial charge in [0.05, 0.1) is 21.3 Å². The molecule has 0 aliphatic rings. The molecule has 2 aromatic carbocycles. The summed E-state index contributed by atoms with van der Waals surface area (Å²) in [7, 11) is 4.45. The molecular weight excluding hydrogens is 312 g/mol. The molecule has 0 amide bonds. The minimum absolute atomic E-state index is 0.0493. The van der Waals surface area contributed by atoms with Crippen molar-refractivity contribution in [3.8, 4) is 34.3 Å². The lowest BCUT2D eigenvalue weighted by atomic mass is 10.1. The fourth-order valence-corrected chi connectivity index (χ4v) is 2.57. The summed E-state index contributed by atoms with van der Waals surface area (Å²) in [6.45, 7) is 0. The standard InChI is InChI=1S/C18H16O6/c1-21-10-7-14(23-3)18-12(20)9-16(24-15(18)8-10)17-11(19)5-4-6-13(17)22-2/h4-9,19H,1-3H3. The van der Waals surface area contributed by atoms with Crippen LogP contribution in [-0.2, 0) is 0 Å². The average Bonchev–Trinajstić information content (AvgIpc) is 2.59. The molecule has 0 saturated carbocycles. The maximum absolute atomic E-state index is 12.6. The predicted molar refractivity (Wildman–Crippen MR) is 89.2 cm³/mol. The number of phenolic OH excluding ortho intramolecular Hbond substituents is 1.